The number of carboxylic acids is 2. The van der Waals surface area contributed by atoms with Crippen molar-refractivity contribution in [1.82, 2.24) is 10.6 Å². The summed E-state index contributed by atoms with van der Waals surface area (Å²) in [6.07, 6.45) is 2.48. The minimum atomic E-state index is -1.31. The van der Waals surface area contributed by atoms with Gasteiger partial charge in [0.25, 0.3) is 12.6 Å². The minimum Gasteiger partial charge on any atom is -1.00 e. The van der Waals surface area contributed by atoms with Crippen LogP contribution in [-0.2, 0) is 27.5 Å². The van der Waals surface area contributed by atoms with E-state index in [0.717, 1.165) is 5.56 Å². The van der Waals surface area contributed by atoms with Crippen molar-refractivity contribution in [3.8, 4) is 0 Å². The van der Waals surface area contributed by atoms with Gasteiger partial charge in [0.1, 0.15) is 6.04 Å². The second-order valence-electron chi connectivity index (χ2n) is 7.19. The van der Waals surface area contributed by atoms with E-state index < -0.39 is 30.0 Å². The maximum Gasteiger partial charge on any atom is 0.412 e. The van der Waals surface area contributed by atoms with Crippen LogP contribution in [0.3, 0.4) is 0 Å². The van der Waals surface area contributed by atoms with Crippen LogP contribution in [0, 0.1) is 0 Å². The van der Waals surface area contributed by atoms with E-state index in [1.807, 2.05) is 37.3 Å². The van der Waals surface area contributed by atoms with Crippen molar-refractivity contribution in [3.63, 3.8) is 0 Å². The number of pyridine rings is 1. The average molecular weight is 480 g/mol. The molecule has 11 heteroatoms. The summed E-state index contributed by atoms with van der Waals surface area (Å²) < 4.78 is 6.69. The van der Waals surface area contributed by atoms with Crippen molar-refractivity contribution in [2.45, 2.75) is 45.0 Å². The first-order valence-corrected chi connectivity index (χ1v) is 9.96. The Morgan fingerprint density at radius 3 is 2.21 bits per heavy atom. The van der Waals surface area contributed by atoms with Gasteiger partial charge in [0.2, 0.25) is 0 Å². The summed E-state index contributed by atoms with van der Waals surface area (Å²) in [6.45, 7) is 1.79. The number of hydrogen-bond acceptors (Lipinski definition) is 5. The third-order valence-corrected chi connectivity index (χ3v) is 4.50. The summed E-state index contributed by atoms with van der Waals surface area (Å²) >= 11 is 0. The van der Waals surface area contributed by atoms with Crippen molar-refractivity contribution in [3.05, 3.63) is 66.0 Å². The van der Waals surface area contributed by atoms with E-state index in [1.54, 1.807) is 0 Å². The van der Waals surface area contributed by atoms with E-state index in [2.05, 4.69) is 10.6 Å². The largest absolute Gasteiger partial charge is 1.00 e. The van der Waals surface area contributed by atoms with Crippen LogP contribution in [0.2, 0.25) is 0 Å². The Kier molecular flexibility index (Phi) is 11.4. The van der Waals surface area contributed by atoms with Gasteiger partial charge in [-0.05, 0) is 25.3 Å². The van der Waals surface area contributed by atoms with Crippen molar-refractivity contribution in [1.29, 1.82) is 0 Å². The maximum atomic E-state index is 12.2. The van der Waals surface area contributed by atoms with E-state index in [0.29, 0.717) is 6.42 Å². The normalized spacial score (nSPS) is 11.9. The van der Waals surface area contributed by atoms with Gasteiger partial charge in [-0.1, -0.05) is 30.3 Å². The fraction of sp³-hybridized carbons (Fsp3) is 0.318. The molecule has 0 aliphatic carbocycles. The fourth-order valence-electron chi connectivity index (χ4n) is 2.86. The zero-order valence-electron chi connectivity index (χ0n) is 17.9. The molecule has 10 nitrogen and oxygen atoms in total. The molecule has 0 aliphatic rings. The molecular weight excluding hydrogens is 454 g/mol. The number of aliphatic carboxylic acids is 2. The lowest BCUT2D eigenvalue weighted by molar-refractivity contribution is -0.727. The molecule has 1 aromatic carbocycles. The molecule has 0 saturated heterocycles. The van der Waals surface area contributed by atoms with E-state index in [1.165, 1.54) is 29.1 Å². The number of ether oxygens (including phenoxy) is 1. The standard InChI is InChI=1S/C22H25N3O7.ClH/c1-15(13-16-5-3-2-4-6-16)23-22(31)32-14-25-11-9-17(10-12-25)20(28)24-18(21(29)30)7-8-19(26)27;/h2-6,9-12,15,18H,7-8,13-14H2,1H3,(H3-,23,24,26,27,28,29,30,31);1H/t15-,18-;/m0./s1. The van der Waals surface area contributed by atoms with Crippen LogP contribution in [0.1, 0.15) is 35.7 Å². The Hall–Kier alpha value is -3.66. The SMILES string of the molecule is C[C@@H](Cc1ccccc1)NC(=O)OC[n+]1ccc(C(=O)N[C@@H](CCC(=O)O)C(=O)O)cc1.[Cl-]. The monoisotopic (exact) mass is 479 g/mol. The Balaban J connectivity index is 0.00000544. The first-order valence-electron chi connectivity index (χ1n) is 9.96. The lowest BCUT2D eigenvalue weighted by Gasteiger charge is -2.13. The van der Waals surface area contributed by atoms with Crippen molar-refractivity contribution >= 4 is 23.9 Å². The molecule has 0 bridgehead atoms. The number of nitrogens with zero attached hydrogens (tertiary/aromatic N) is 1. The third kappa shape index (κ3) is 10.0. The molecule has 0 fully saturated rings. The molecule has 2 aromatic rings. The molecule has 1 heterocycles. The average Bonchev–Trinajstić information content (AvgIpc) is 2.75. The molecule has 0 radical (unpaired) electrons. The number of alkyl carbamates (subject to hydrolysis) is 1. The molecular formula is C22H26ClN3O7. The number of aromatic nitrogens is 1. The number of rotatable bonds is 11. The number of carboxylic acid groups (broad SMARTS) is 2. The lowest BCUT2D eigenvalue weighted by Crippen LogP contribution is -3.00. The summed E-state index contributed by atoms with van der Waals surface area (Å²) in [5, 5.41) is 22.8. The van der Waals surface area contributed by atoms with Gasteiger partial charge in [-0.3, -0.25) is 9.59 Å². The molecule has 1 aromatic heterocycles. The van der Waals surface area contributed by atoms with Crippen LogP contribution in [0.4, 0.5) is 4.79 Å². The lowest BCUT2D eigenvalue weighted by atomic mass is 10.1. The number of carbonyl (C=O) groups is 4. The smallest absolute Gasteiger partial charge is 0.412 e. The van der Waals surface area contributed by atoms with Gasteiger partial charge in [-0.15, -0.1) is 0 Å². The molecule has 0 unspecified atom stereocenters. The number of hydrogen-bond donors (Lipinski definition) is 4. The van der Waals surface area contributed by atoms with Gasteiger partial charge in [0, 0.05) is 24.6 Å². The van der Waals surface area contributed by atoms with Crippen LogP contribution >= 0.6 is 0 Å². The van der Waals surface area contributed by atoms with Crippen molar-refractivity contribution in [2.24, 2.45) is 0 Å². The van der Waals surface area contributed by atoms with Gasteiger partial charge in [-0.2, -0.15) is 4.57 Å². The van der Waals surface area contributed by atoms with Crippen molar-refractivity contribution in [2.75, 3.05) is 0 Å². The number of carbonyl (C=O) groups excluding carboxylic acids is 2. The van der Waals surface area contributed by atoms with E-state index in [9.17, 15) is 19.2 Å². The number of amides is 2. The van der Waals surface area contributed by atoms with Gasteiger partial charge >= 0.3 is 18.0 Å². The highest BCUT2D eigenvalue weighted by Gasteiger charge is 2.22. The fourth-order valence-corrected chi connectivity index (χ4v) is 2.86. The van der Waals surface area contributed by atoms with Gasteiger partial charge in [0.15, 0.2) is 12.4 Å². The molecule has 0 saturated carbocycles. The Morgan fingerprint density at radius 2 is 1.64 bits per heavy atom. The molecule has 2 amide bonds. The van der Waals surface area contributed by atoms with Gasteiger partial charge < -0.3 is 38.0 Å². The summed E-state index contributed by atoms with van der Waals surface area (Å²) in [5.41, 5.74) is 1.28. The van der Waals surface area contributed by atoms with Gasteiger partial charge in [0.05, 0.1) is 5.56 Å². The van der Waals surface area contributed by atoms with E-state index in [-0.39, 0.29) is 43.6 Å². The zero-order chi connectivity index (χ0) is 23.5. The number of halogens is 1. The van der Waals surface area contributed by atoms with Crippen LogP contribution in [0.5, 0.6) is 0 Å². The van der Waals surface area contributed by atoms with Crippen LogP contribution in [0.25, 0.3) is 0 Å². The quantitative estimate of drug-likeness (QED) is 0.282. The summed E-state index contributed by atoms with van der Waals surface area (Å²) in [5.74, 6) is -3.11. The van der Waals surface area contributed by atoms with Crippen LogP contribution in [0.15, 0.2) is 54.9 Å². The highest BCUT2D eigenvalue weighted by Crippen LogP contribution is 2.04. The number of benzene rings is 1. The summed E-state index contributed by atoms with van der Waals surface area (Å²) in [4.78, 5) is 46.0. The predicted molar refractivity (Wildman–Crippen MR) is 112 cm³/mol. The second-order valence-corrected chi connectivity index (χ2v) is 7.19. The van der Waals surface area contributed by atoms with Crippen LogP contribution in [-0.4, -0.2) is 46.2 Å². The third-order valence-electron chi connectivity index (χ3n) is 4.50. The maximum absolute atomic E-state index is 12.2. The first-order chi connectivity index (χ1) is 15.2. The van der Waals surface area contributed by atoms with E-state index >= 15 is 0 Å². The molecule has 2 rings (SSSR count). The molecule has 0 spiro atoms. The topological polar surface area (TPSA) is 146 Å². The van der Waals surface area contributed by atoms with E-state index in [4.69, 9.17) is 14.9 Å². The minimum absolute atomic E-state index is 0. The molecule has 33 heavy (non-hydrogen) atoms. The molecule has 0 aliphatic heterocycles. The van der Waals surface area contributed by atoms with Gasteiger partial charge in [-0.25, -0.2) is 9.59 Å². The highest BCUT2D eigenvalue weighted by atomic mass is 35.5. The predicted octanol–water partition coefficient (Wildman–Crippen LogP) is -1.66. The molecule has 4 N–H and O–H groups in total. The molecule has 2 atom stereocenters. The Morgan fingerprint density at radius 1 is 1.00 bits per heavy atom. The Bertz CT molecular complexity index is 939. The zero-order valence-corrected chi connectivity index (χ0v) is 18.7. The number of nitrogens with one attached hydrogen (secondary N) is 2. The van der Waals surface area contributed by atoms with Crippen LogP contribution < -0.4 is 27.6 Å². The summed E-state index contributed by atoms with van der Waals surface area (Å²) in [7, 11) is 0. The first kappa shape index (κ1) is 27.4. The Labute approximate surface area is 197 Å². The highest BCUT2D eigenvalue weighted by molar-refractivity contribution is 5.96. The molecule has 178 valence electrons. The summed E-state index contributed by atoms with van der Waals surface area (Å²) in [6, 6.07) is 11.2. The second kappa shape index (κ2) is 13.7. The van der Waals surface area contributed by atoms with Crippen molar-refractivity contribution < 1.29 is 51.1 Å².